The molecule has 0 radical (unpaired) electrons. The molecule has 0 unspecified atom stereocenters. The van der Waals surface area contributed by atoms with Crippen LogP contribution in [0.5, 0.6) is 0 Å². The molecule has 13 heavy (non-hydrogen) atoms. The second-order valence-corrected chi connectivity index (χ2v) is 2.01. The van der Waals surface area contributed by atoms with Gasteiger partial charge in [-0.3, -0.25) is 12.2 Å². The molecule has 2 aliphatic carbocycles. The molecule has 2 rings (SSSR count). The van der Waals surface area contributed by atoms with Gasteiger partial charge >= 0.3 is 26.2 Å². The van der Waals surface area contributed by atoms with E-state index < -0.39 is 0 Å². The standard InChI is InChI=1S/2C5H5.CH3.FH.Zr/c2*1-2-4-5-3-1;;;/h2*1-3H,4H2;1H3;1H;/q3*-1;;+4/p-1. The van der Waals surface area contributed by atoms with Gasteiger partial charge in [-0.2, -0.15) is 12.2 Å². The fourth-order valence-corrected chi connectivity index (χ4v) is 0.680. The number of hydrogen-bond donors (Lipinski definition) is 0. The molecule has 0 aromatic carbocycles. The maximum Gasteiger partial charge on any atom is 4.00 e. The molecular formula is C11H13FZr. The molecule has 2 heteroatoms. The molecule has 2 aliphatic rings. The molecule has 0 aromatic heterocycles. The Morgan fingerprint density at radius 3 is 1.31 bits per heavy atom. The predicted molar refractivity (Wildman–Crippen MR) is 49.6 cm³/mol. The van der Waals surface area contributed by atoms with E-state index in [4.69, 9.17) is 0 Å². The van der Waals surface area contributed by atoms with Gasteiger partial charge in [-0.05, 0) is 0 Å². The second kappa shape index (κ2) is 14.3. The van der Waals surface area contributed by atoms with Crippen molar-refractivity contribution in [3.8, 4) is 0 Å². The smallest absolute Gasteiger partial charge is 1.00 e. The van der Waals surface area contributed by atoms with E-state index in [1.54, 1.807) is 0 Å². The van der Waals surface area contributed by atoms with Crippen molar-refractivity contribution in [3.05, 3.63) is 56.0 Å². The molecule has 0 N–H and O–H groups in total. The maximum atomic E-state index is 2.99. The Labute approximate surface area is 99.6 Å². The van der Waals surface area contributed by atoms with Crippen LogP contribution in [0.3, 0.4) is 0 Å². The van der Waals surface area contributed by atoms with Crippen molar-refractivity contribution in [2.24, 2.45) is 0 Å². The zero-order valence-corrected chi connectivity index (χ0v) is 10.2. The number of halogens is 1. The Morgan fingerprint density at radius 2 is 1.23 bits per heavy atom. The molecule has 68 valence electrons. The fraction of sp³-hybridized carbons (Fsp3) is 0.182. The van der Waals surface area contributed by atoms with Gasteiger partial charge in [0, 0.05) is 0 Å². The third-order valence-electron chi connectivity index (χ3n) is 1.17. The summed E-state index contributed by atoms with van der Waals surface area (Å²) in [7, 11) is 0. The normalized spacial score (nSPS) is 13.5. The van der Waals surface area contributed by atoms with Crippen molar-refractivity contribution in [2.45, 2.75) is 12.8 Å². The van der Waals surface area contributed by atoms with E-state index in [1.165, 1.54) is 0 Å². The van der Waals surface area contributed by atoms with Crippen LogP contribution in [0.15, 0.2) is 36.5 Å². The van der Waals surface area contributed by atoms with Gasteiger partial charge in [0.05, 0.1) is 0 Å². The van der Waals surface area contributed by atoms with Crippen LogP contribution in [0.4, 0.5) is 0 Å². The summed E-state index contributed by atoms with van der Waals surface area (Å²) in [5.74, 6) is 0. The fourth-order valence-electron chi connectivity index (χ4n) is 0.680. The van der Waals surface area contributed by atoms with Crippen LogP contribution < -0.4 is 4.70 Å². The van der Waals surface area contributed by atoms with Gasteiger partial charge in [0.1, 0.15) is 0 Å². The molecule has 0 fully saturated rings. The van der Waals surface area contributed by atoms with E-state index in [0.717, 1.165) is 12.8 Å². The summed E-state index contributed by atoms with van der Waals surface area (Å²) in [5, 5.41) is 0. The Hall–Kier alpha value is -0.227. The van der Waals surface area contributed by atoms with Gasteiger partial charge in [-0.25, -0.2) is 24.3 Å². The zero-order valence-electron chi connectivity index (χ0n) is 7.76. The average Bonchev–Trinajstić information content (AvgIpc) is 2.67. The molecular weight excluding hydrogens is 242 g/mol. The molecule has 0 atom stereocenters. The molecule has 0 saturated heterocycles. The first-order valence-electron chi connectivity index (χ1n) is 3.43. The first-order valence-corrected chi connectivity index (χ1v) is 3.43. The largest absolute Gasteiger partial charge is 4.00 e. The van der Waals surface area contributed by atoms with Gasteiger partial charge in [-0.15, -0.1) is 12.8 Å². The molecule has 0 heterocycles. The number of allylic oxidation sites excluding steroid dienone is 8. The van der Waals surface area contributed by atoms with E-state index in [-0.39, 0.29) is 38.3 Å². The van der Waals surface area contributed by atoms with Crippen LogP contribution >= 0.6 is 0 Å². The minimum absolute atomic E-state index is 0. The summed E-state index contributed by atoms with van der Waals surface area (Å²) in [5.41, 5.74) is 0. The van der Waals surface area contributed by atoms with Crippen molar-refractivity contribution < 1.29 is 30.9 Å². The van der Waals surface area contributed by atoms with Gasteiger partial charge in [0.2, 0.25) is 0 Å². The predicted octanol–water partition coefficient (Wildman–Crippen LogP) is 0.0632. The zero-order chi connectivity index (χ0) is 7.07. The van der Waals surface area contributed by atoms with Crippen LogP contribution in [-0.2, 0) is 26.2 Å². The summed E-state index contributed by atoms with van der Waals surface area (Å²) in [4.78, 5) is 0. The van der Waals surface area contributed by atoms with Crippen LogP contribution in [0, 0.1) is 19.6 Å². The maximum absolute atomic E-state index is 2.99. The first kappa shape index (κ1) is 18.5. The van der Waals surface area contributed by atoms with Crippen molar-refractivity contribution in [1.29, 1.82) is 0 Å². The average molecular weight is 255 g/mol. The number of rotatable bonds is 0. The molecule has 0 aromatic rings. The Bertz CT molecular complexity index is 148. The second-order valence-electron chi connectivity index (χ2n) is 2.01. The summed E-state index contributed by atoms with van der Waals surface area (Å²) in [6, 6.07) is 0. The van der Waals surface area contributed by atoms with Crippen molar-refractivity contribution in [3.63, 3.8) is 0 Å². The molecule has 0 amide bonds. The topological polar surface area (TPSA) is 0 Å². The summed E-state index contributed by atoms with van der Waals surface area (Å²) >= 11 is 0. The molecule has 0 saturated carbocycles. The van der Waals surface area contributed by atoms with Crippen molar-refractivity contribution >= 4 is 0 Å². The summed E-state index contributed by atoms with van der Waals surface area (Å²) in [6.07, 6.45) is 20.0. The third kappa shape index (κ3) is 11.8. The van der Waals surface area contributed by atoms with Crippen LogP contribution in [0.25, 0.3) is 0 Å². The van der Waals surface area contributed by atoms with E-state index in [1.807, 2.05) is 24.3 Å². The Kier molecular flexibility index (Phi) is 20.4. The SMILES string of the molecule is [C-]1=CC=CC1.[C-]1=CC=CC1.[CH3-].[F-].[Zr+4]. The summed E-state index contributed by atoms with van der Waals surface area (Å²) in [6.45, 7) is 0. The van der Waals surface area contributed by atoms with Gasteiger partial charge < -0.3 is 12.1 Å². The molecule has 0 spiro atoms. The van der Waals surface area contributed by atoms with Gasteiger partial charge in [-0.1, -0.05) is 0 Å². The molecule has 0 aliphatic heterocycles. The van der Waals surface area contributed by atoms with Crippen LogP contribution in [0.1, 0.15) is 12.8 Å². The molecule has 0 nitrogen and oxygen atoms in total. The third-order valence-corrected chi connectivity index (χ3v) is 1.17. The van der Waals surface area contributed by atoms with E-state index in [2.05, 4.69) is 24.3 Å². The monoisotopic (exact) mass is 254 g/mol. The van der Waals surface area contributed by atoms with E-state index in [9.17, 15) is 0 Å². The van der Waals surface area contributed by atoms with E-state index >= 15 is 0 Å². The van der Waals surface area contributed by atoms with Crippen LogP contribution in [-0.4, -0.2) is 0 Å². The van der Waals surface area contributed by atoms with Crippen molar-refractivity contribution in [2.75, 3.05) is 0 Å². The Morgan fingerprint density at radius 1 is 0.846 bits per heavy atom. The Balaban J connectivity index is -0.000000125. The van der Waals surface area contributed by atoms with Crippen molar-refractivity contribution in [1.82, 2.24) is 0 Å². The van der Waals surface area contributed by atoms with Crippen LogP contribution in [0.2, 0.25) is 0 Å². The summed E-state index contributed by atoms with van der Waals surface area (Å²) < 4.78 is 0. The first-order chi connectivity index (χ1) is 5.00. The number of hydrogen-bond acceptors (Lipinski definition) is 0. The minimum atomic E-state index is 0. The quantitative estimate of drug-likeness (QED) is 0.537. The molecule has 0 bridgehead atoms. The minimum Gasteiger partial charge on any atom is -1.00 e. The van der Waals surface area contributed by atoms with Gasteiger partial charge in [0.25, 0.3) is 0 Å². The van der Waals surface area contributed by atoms with E-state index in [0.29, 0.717) is 0 Å². The van der Waals surface area contributed by atoms with Gasteiger partial charge in [0.15, 0.2) is 0 Å².